The van der Waals surface area contributed by atoms with Gasteiger partial charge in [0.25, 0.3) is 0 Å². The maximum absolute atomic E-state index is 4.33. The second-order valence-corrected chi connectivity index (χ2v) is 7.15. The molecule has 2 heterocycles. The van der Waals surface area contributed by atoms with E-state index in [0.29, 0.717) is 0 Å². The van der Waals surface area contributed by atoms with Crippen LogP contribution in [0.4, 0.5) is 5.69 Å². The van der Waals surface area contributed by atoms with Crippen molar-refractivity contribution in [3.63, 3.8) is 0 Å². The van der Waals surface area contributed by atoms with Crippen molar-refractivity contribution in [1.29, 1.82) is 0 Å². The van der Waals surface area contributed by atoms with Crippen LogP contribution in [0.1, 0.15) is 24.0 Å². The first kappa shape index (κ1) is 15.5. The Balaban J connectivity index is 1.43. The van der Waals surface area contributed by atoms with E-state index in [-0.39, 0.29) is 0 Å². The fourth-order valence-corrected chi connectivity index (χ4v) is 3.95. The molecule has 1 aliphatic rings. The Morgan fingerprint density at radius 2 is 1.71 bits per heavy atom. The summed E-state index contributed by atoms with van der Waals surface area (Å²) in [5.74, 6) is 0. The number of aromatic nitrogens is 2. The Morgan fingerprint density at radius 1 is 0.958 bits per heavy atom. The van der Waals surface area contributed by atoms with E-state index >= 15 is 0 Å². The van der Waals surface area contributed by atoms with Crippen molar-refractivity contribution < 1.29 is 0 Å². The lowest BCUT2D eigenvalue weighted by atomic mass is 10.1. The van der Waals surface area contributed by atoms with E-state index in [9.17, 15) is 0 Å². The van der Waals surface area contributed by atoms with Gasteiger partial charge in [0, 0.05) is 31.9 Å². The minimum Gasteiger partial charge on any atom is -0.372 e. The molecule has 124 valence electrons. The monoisotopic (exact) mass is 338 g/mol. The standard InChI is InChI=1S/C19H22N4S/c1-22(14-16-7-8-18-19(12-16)21-24-20-18)13-15-5-4-6-17(11-15)23-9-2-3-10-23/h4-8,11-12H,2-3,9-10,13-14H2,1H3. The molecule has 0 saturated carbocycles. The fraction of sp³-hybridized carbons (Fsp3) is 0.368. The van der Waals surface area contributed by atoms with Crippen molar-refractivity contribution in [2.75, 3.05) is 25.0 Å². The summed E-state index contributed by atoms with van der Waals surface area (Å²) >= 11 is 1.28. The number of anilines is 1. The molecule has 1 fully saturated rings. The lowest BCUT2D eigenvalue weighted by molar-refractivity contribution is 0.319. The maximum Gasteiger partial charge on any atom is 0.105 e. The van der Waals surface area contributed by atoms with E-state index < -0.39 is 0 Å². The summed E-state index contributed by atoms with van der Waals surface area (Å²) in [5.41, 5.74) is 6.02. The van der Waals surface area contributed by atoms with Crippen molar-refractivity contribution in [3.05, 3.63) is 53.6 Å². The van der Waals surface area contributed by atoms with Gasteiger partial charge in [-0.15, -0.1) is 0 Å². The quantitative estimate of drug-likeness (QED) is 0.706. The smallest absolute Gasteiger partial charge is 0.105 e. The summed E-state index contributed by atoms with van der Waals surface area (Å²) in [6, 6.07) is 15.4. The van der Waals surface area contributed by atoms with Crippen LogP contribution in [-0.2, 0) is 13.1 Å². The van der Waals surface area contributed by atoms with Gasteiger partial charge >= 0.3 is 0 Å². The van der Waals surface area contributed by atoms with Crippen molar-refractivity contribution in [2.24, 2.45) is 0 Å². The number of benzene rings is 2. The third-order valence-corrected chi connectivity index (χ3v) is 5.16. The molecule has 0 bridgehead atoms. The molecule has 1 saturated heterocycles. The molecule has 0 aliphatic carbocycles. The first-order valence-corrected chi connectivity index (χ1v) is 9.24. The Hall–Kier alpha value is -1.98. The summed E-state index contributed by atoms with van der Waals surface area (Å²) < 4.78 is 8.60. The molecule has 0 N–H and O–H groups in total. The third-order valence-electron chi connectivity index (χ3n) is 4.60. The molecular formula is C19H22N4S. The van der Waals surface area contributed by atoms with Gasteiger partial charge in [-0.25, -0.2) is 0 Å². The van der Waals surface area contributed by atoms with E-state index in [1.54, 1.807) is 0 Å². The van der Waals surface area contributed by atoms with Crippen LogP contribution < -0.4 is 4.90 Å². The van der Waals surface area contributed by atoms with Gasteiger partial charge in [-0.3, -0.25) is 4.90 Å². The largest absolute Gasteiger partial charge is 0.372 e. The van der Waals surface area contributed by atoms with Gasteiger partial charge in [-0.05, 0) is 55.3 Å². The lowest BCUT2D eigenvalue weighted by Gasteiger charge is -2.21. The van der Waals surface area contributed by atoms with Gasteiger partial charge in [0.2, 0.25) is 0 Å². The summed E-state index contributed by atoms with van der Waals surface area (Å²) in [5, 5.41) is 0. The zero-order valence-corrected chi connectivity index (χ0v) is 14.8. The molecule has 0 atom stereocenters. The molecule has 4 rings (SSSR count). The van der Waals surface area contributed by atoms with E-state index in [4.69, 9.17) is 0 Å². The van der Waals surface area contributed by atoms with E-state index in [0.717, 1.165) is 24.1 Å². The highest BCUT2D eigenvalue weighted by Gasteiger charge is 2.12. The van der Waals surface area contributed by atoms with Crippen LogP contribution in [0.2, 0.25) is 0 Å². The van der Waals surface area contributed by atoms with Crippen LogP contribution in [-0.4, -0.2) is 33.8 Å². The topological polar surface area (TPSA) is 32.3 Å². The lowest BCUT2D eigenvalue weighted by Crippen LogP contribution is -2.19. The highest BCUT2D eigenvalue weighted by Crippen LogP contribution is 2.22. The summed E-state index contributed by atoms with van der Waals surface area (Å²) in [4.78, 5) is 4.84. The van der Waals surface area contributed by atoms with Gasteiger partial charge in [0.05, 0.1) is 11.7 Å². The predicted octanol–water partition coefficient (Wildman–Crippen LogP) is 3.92. The summed E-state index contributed by atoms with van der Waals surface area (Å²) in [6.07, 6.45) is 2.64. The van der Waals surface area contributed by atoms with Crippen LogP contribution in [0.25, 0.3) is 11.0 Å². The summed E-state index contributed by atoms with van der Waals surface area (Å²) in [6.45, 7) is 4.26. The van der Waals surface area contributed by atoms with Crippen molar-refractivity contribution in [3.8, 4) is 0 Å². The van der Waals surface area contributed by atoms with Crippen LogP contribution in [0, 0.1) is 0 Å². The highest BCUT2D eigenvalue weighted by atomic mass is 32.1. The second kappa shape index (κ2) is 6.87. The molecule has 0 amide bonds. The molecule has 1 aromatic heterocycles. The molecule has 0 unspecified atom stereocenters. The molecule has 0 spiro atoms. The third kappa shape index (κ3) is 3.42. The van der Waals surface area contributed by atoms with E-state index in [2.05, 4.69) is 68.1 Å². The molecular weight excluding hydrogens is 316 g/mol. The number of hydrogen-bond acceptors (Lipinski definition) is 5. The SMILES string of the molecule is CN(Cc1cccc(N2CCCC2)c1)Cc1ccc2nsnc2c1. The average Bonchev–Trinajstić information content (AvgIpc) is 3.26. The summed E-state index contributed by atoms with van der Waals surface area (Å²) in [7, 11) is 2.17. The first-order valence-electron chi connectivity index (χ1n) is 8.51. The number of nitrogens with zero attached hydrogens (tertiary/aromatic N) is 4. The number of hydrogen-bond donors (Lipinski definition) is 0. The van der Waals surface area contributed by atoms with Gasteiger partial charge < -0.3 is 4.90 Å². The molecule has 5 heteroatoms. The van der Waals surface area contributed by atoms with Gasteiger partial charge in [0.1, 0.15) is 11.0 Å². The Bertz CT molecular complexity index is 823. The highest BCUT2D eigenvalue weighted by molar-refractivity contribution is 7.00. The van der Waals surface area contributed by atoms with Crippen molar-refractivity contribution in [1.82, 2.24) is 13.6 Å². The maximum atomic E-state index is 4.33. The molecule has 3 aromatic rings. The van der Waals surface area contributed by atoms with Crippen molar-refractivity contribution >= 4 is 28.4 Å². The minimum absolute atomic E-state index is 0.918. The van der Waals surface area contributed by atoms with Gasteiger partial charge in [-0.1, -0.05) is 18.2 Å². The zero-order valence-electron chi connectivity index (χ0n) is 14.0. The van der Waals surface area contributed by atoms with Crippen molar-refractivity contribution in [2.45, 2.75) is 25.9 Å². The fourth-order valence-electron chi connectivity index (χ4n) is 3.43. The number of fused-ring (bicyclic) bond motifs is 1. The predicted molar refractivity (Wildman–Crippen MR) is 100 cm³/mol. The Labute approximate surface area is 147 Å². The average molecular weight is 338 g/mol. The molecule has 4 nitrogen and oxygen atoms in total. The number of rotatable bonds is 5. The molecule has 2 aromatic carbocycles. The Kier molecular flexibility index (Phi) is 4.45. The zero-order chi connectivity index (χ0) is 16.4. The normalized spacial score (nSPS) is 14.8. The molecule has 1 aliphatic heterocycles. The van der Waals surface area contributed by atoms with Gasteiger partial charge in [0.15, 0.2) is 0 Å². The van der Waals surface area contributed by atoms with Crippen LogP contribution >= 0.6 is 11.7 Å². The first-order chi connectivity index (χ1) is 11.8. The van der Waals surface area contributed by atoms with Crippen LogP contribution in [0.5, 0.6) is 0 Å². The van der Waals surface area contributed by atoms with Crippen LogP contribution in [0.15, 0.2) is 42.5 Å². The van der Waals surface area contributed by atoms with Crippen LogP contribution in [0.3, 0.4) is 0 Å². The van der Waals surface area contributed by atoms with E-state index in [1.165, 1.54) is 54.5 Å². The minimum atomic E-state index is 0.918. The second-order valence-electron chi connectivity index (χ2n) is 6.62. The molecule has 0 radical (unpaired) electrons. The Morgan fingerprint density at radius 3 is 2.54 bits per heavy atom. The molecule has 24 heavy (non-hydrogen) atoms. The van der Waals surface area contributed by atoms with E-state index in [1.807, 2.05) is 0 Å². The van der Waals surface area contributed by atoms with Gasteiger partial charge in [-0.2, -0.15) is 8.75 Å².